The Morgan fingerprint density at radius 3 is 1.96 bits per heavy atom. The normalized spacial score (nSPS) is 9.96. The lowest BCUT2D eigenvalue weighted by atomic mass is 10.0. The zero-order valence-corrected chi connectivity index (χ0v) is 16.2. The molecular weight excluding hydrogens is 358 g/mol. The predicted molar refractivity (Wildman–Crippen MR) is 106 cm³/mol. The fourth-order valence-corrected chi connectivity index (χ4v) is 2.57. The minimum absolute atomic E-state index is 0.123. The smallest absolute Gasteiger partial charge is 0.347 e. The first-order chi connectivity index (χ1) is 13.5. The summed E-state index contributed by atoms with van der Waals surface area (Å²) < 4.78 is 9.92. The lowest BCUT2D eigenvalue weighted by Crippen LogP contribution is -2.22. The van der Waals surface area contributed by atoms with Crippen LogP contribution < -0.4 is 5.32 Å². The number of benzene rings is 2. The highest BCUT2D eigenvalue weighted by atomic mass is 16.6. The van der Waals surface area contributed by atoms with Crippen LogP contribution in [0.1, 0.15) is 36.7 Å². The van der Waals surface area contributed by atoms with Gasteiger partial charge in [-0.15, -0.1) is 0 Å². The molecule has 0 amide bonds. The van der Waals surface area contributed by atoms with Crippen molar-refractivity contribution in [2.75, 3.05) is 18.5 Å². The first-order valence-electron chi connectivity index (χ1n) is 8.99. The van der Waals surface area contributed by atoms with Crippen molar-refractivity contribution in [3.05, 3.63) is 77.0 Å². The average molecular weight is 381 g/mol. The summed E-state index contributed by atoms with van der Waals surface area (Å²) in [4.78, 5) is 37.0. The molecule has 6 nitrogen and oxygen atoms in total. The molecule has 146 valence electrons. The summed E-state index contributed by atoms with van der Waals surface area (Å²) in [6.45, 7) is 5.16. The second-order valence-electron chi connectivity index (χ2n) is 5.84. The standard InChI is InChI=1S/C22H23NO5/c1-4-27-21(25)19(22(26)28-5-2)15(3)23-18-13-9-12-17(14-18)20(24)16-10-7-6-8-11-16/h6-14,23H,4-5H2,1-3H3. The van der Waals surface area contributed by atoms with Crippen molar-refractivity contribution in [3.63, 3.8) is 0 Å². The topological polar surface area (TPSA) is 81.7 Å². The van der Waals surface area contributed by atoms with E-state index in [1.165, 1.54) is 0 Å². The molecule has 2 rings (SSSR count). The van der Waals surface area contributed by atoms with Crippen molar-refractivity contribution in [1.82, 2.24) is 0 Å². The summed E-state index contributed by atoms with van der Waals surface area (Å²) in [5, 5.41) is 2.99. The first-order valence-corrected chi connectivity index (χ1v) is 8.99. The molecule has 0 spiro atoms. The van der Waals surface area contributed by atoms with Crippen molar-refractivity contribution in [1.29, 1.82) is 0 Å². The van der Waals surface area contributed by atoms with E-state index in [0.29, 0.717) is 16.8 Å². The number of ketones is 1. The molecule has 0 fully saturated rings. The van der Waals surface area contributed by atoms with E-state index < -0.39 is 11.9 Å². The second-order valence-corrected chi connectivity index (χ2v) is 5.84. The molecule has 0 aromatic heterocycles. The van der Waals surface area contributed by atoms with Gasteiger partial charge >= 0.3 is 11.9 Å². The third-order valence-electron chi connectivity index (χ3n) is 3.83. The van der Waals surface area contributed by atoms with Gasteiger partial charge in [-0.05, 0) is 32.9 Å². The Hall–Kier alpha value is -3.41. The molecule has 0 aliphatic carbocycles. The maximum atomic E-state index is 12.6. The fourth-order valence-electron chi connectivity index (χ4n) is 2.57. The molecule has 0 radical (unpaired) electrons. The van der Waals surface area contributed by atoms with Crippen molar-refractivity contribution in [2.45, 2.75) is 20.8 Å². The van der Waals surface area contributed by atoms with Gasteiger partial charge in [0.2, 0.25) is 0 Å². The van der Waals surface area contributed by atoms with Crippen molar-refractivity contribution >= 4 is 23.4 Å². The monoisotopic (exact) mass is 381 g/mol. The Kier molecular flexibility index (Phi) is 7.51. The SMILES string of the molecule is CCOC(=O)C(C(=O)OCC)=C(C)Nc1cccc(C(=O)c2ccccc2)c1. The number of nitrogens with one attached hydrogen (secondary N) is 1. The third-order valence-corrected chi connectivity index (χ3v) is 3.83. The quantitative estimate of drug-likeness (QED) is 0.247. The number of rotatable bonds is 8. The third kappa shape index (κ3) is 5.30. The first kappa shape index (κ1) is 20.9. The highest BCUT2D eigenvalue weighted by Gasteiger charge is 2.24. The Bertz CT molecular complexity index is 867. The van der Waals surface area contributed by atoms with Gasteiger partial charge in [-0.3, -0.25) is 4.79 Å². The van der Waals surface area contributed by atoms with Crippen LogP contribution in [0.3, 0.4) is 0 Å². The van der Waals surface area contributed by atoms with Crippen molar-refractivity contribution in [3.8, 4) is 0 Å². The molecule has 0 aliphatic heterocycles. The maximum absolute atomic E-state index is 12.6. The molecule has 0 saturated carbocycles. The number of hydrogen-bond donors (Lipinski definition) is 1. The lowest BCUT2D eigenvalue weighted by Gasteiger charge is -2.13. The summed E-state index contributed by atoms with van der Waals surface area (Å²) in [6, 6.07) is 15.7. The number of hydrogen-bond acceptors (Lipinski definition) is 6. The summed E-state index contributed by atoms with van der Waals surface area (Å²) >= 11 is 0. The van der Waals surface area contributed by atoms with Crippen molar-refractivity contribution < 1.29 is 23.9 Å². The van der Waals surface area contributed by atoms with Gasteiger partial charge in [-0.1, -0.05) is 42.5 Å². The molecule has 0 atom stereocenters. The van der Waals surface area contributed by atoms with Gasteiger partial charge in [0.05, 0.1) is 13.2 Å². The molecule has 0 bridgehead atoms. The summed E-state index contributed by atoms with van der Waals surface area (Å²) in [5.41, 5.74) is 1.69. The maximum Gasteiger partial charge on any atom is 0.347 e. The number of carbonyl (C=O) groups excluding carboxylic acids is 3. The van der Waals surface area contributed by atoms with Crippen LogP contribution in [-0.4, -0.2) is 30.9 Å². The van der Waals surface area contributed by atoms with Crippen LogP contribution >= 0.6 is 0 Å². The molecule has 2 aromatic rings. The Morgan fingerprint density at radius 1 is 0.821 bits per heavy atom. The van der Waals surface area contributed by atoms with Crippen LogP contribution in [0.25, 0.3) is 0 Å². The minimum atomic E-state index is -0.762. The van der Waals surface area contributed by atoms with Crippen LogP contribution in [0.15, 0.2) is 65.9 Å². The van der Waals surface area contributed by atoms with Gasteiger partial charge in [0.15, 0.2) is 11.4 Å². The molecule has 0 heterocycles. The number of allylic oxidation sites excluding steroid dienone is 1. The molecule has 1 N–H and O–H groups in total. The molecular formula is C22H23NO5. The molecule has 28 heavy (non-hydrogen) atoms. The van der Waals surface area contributed by atoms with Gasteiger partial charge < -0.3 is 14.8 Å². The Morgan fingerprint density at radius 2 is 1.39 bits per heavy atom. The second kappa shape index (κ2) is 10.1. The highest BCUT2D eigenvalue weighted by molar-refractivity contribution is 6.15. The minimum Gasteiger partial charge on any atom is -0.462 e. The van der Waals surface area contributed by atoms with Gasteiger partial charge in [0.1, 0.15) is 0 Å². The van der Waals surface area contributed by atoms with E-state index in [-0.39, 0.29) is 30.3 Å². The Balaban J connectivity index is 2.31. The van der Waals surface area contributed by atoms with E-state index in [9.17, 15) is 14.4 Å². The van der Waals surface area contributed by atoms with E-state index in [1.54, 1.807) is 69.3 Å². The lowest BCUT2D eigenvalue weighted by molar-refractivity contribution is -0.146. The zero-order chi connectivity index (χ0) is 20.5. The molecule has 0 unspecified atom stereocenters. The Labute approximate surface area is 164 Å². The van der Waals surface area contributed by atoms with E-state index in [1.807, 2.05) is 6.07 Å². The summed E-state index contributed by atoms with van der Waals surface area (Å²) in [6.07, 6.45) is 0. The van der Waals surface area contributed by atoms with Gasteiger partial charge in [0, 0.05) is 22.5 Å². The van der Waals surface area contributed by atoms with E-state index in [2.05, 4.69) is 5.32 Å². The summed E-state index contributed by atoms with van der Waals surface area (Å²) in [7, 11) is 0. The van der Waals surface area contributed by atoms with Crippen LogP contribution in [0.2, 0.25) is 0 Å². The van der Waals surface area contributed by atoms with E-state index in [4.69, 9.17) is 9.47 Å². The fraction of sp³-hybridized carbons (Fsp3) is 0.227. The van der Waals surface area contributed by atoms with Crippen LogP contribution in [0, 0.1) is 0 Å². The molecule has 6 heteroatoms. The largest absolute Gasteiger partial charge is 0.462 e. The molecule has 2 aromatic carbocycles. The average Bonchev–Trinajstić information content (AvgIpc) is 2.69. The van der Waals surface area contributed by atoms with Gasteiger partial charge in [-0.2, -0.15) is 0 Å². The van der Waals surface area contributed by atoms with E-state index >= 15 is 0 Å². The molecule has 0 aliphatic rings. The van der Waals surface area contributed by atoms with Gasteiger partial charge in [0.25, 0.3) is 0 Å². The van der Waals surface area contributed by atoms with E-state index in [0.717, 1.165) is 0 Å². The number of anilines is 1. The van der Waals surface area contributed by atoms with Crippen LogP contribution in [0.4, 0.5) is 5.69 Å². The van der Waals surface area contributed by atoms with Crippen LogP contribution in [-0.2, 0) is 19.1 Å². The number of esters is 2. The zero-order valence-electron chi connectivity index (χ0n) is 16.2. The highest BCUT2D eigenvalue weighted by Crippen LogP contribution is 2.18. The number of ether oxygens (including phenoxy) is 2. The van der Waals surface area contributed by atoms with Crippen molar-refractivity contribution in [2.24, 2.45) is 0 Å². The number of carbonyl (C=O) groups is 3. The summed E-state index contributed by atoms with van der Waals surface area (Å²) in [5.74, 6) is -1.65. The van der Waals surface area contributed by atoms with Gasteiger partial charge in [-0.25, -0.2) is 9.59 Å². The van der Waals surface area contributed by atoms with Crippen LogP contribution in [0.5, 0.6) is 0 Å². The predicted octanol–water partition coefficient (Wildman–Crippen LogP) is 3.73. The molecule has 0 saturated heterocycles.